The van der Waals surface area contributed by atoms with E-state index in [1.807, 2.05) is 6.92 Å². The van der Waals surface area contributed by atoms with Gasteiger partial charge in [-0.2, -0.15) is 0 Å². The first kappa shape index (κ1) is 12.9. The molecule has 98 valence electrons. The molecule has 0 radical (unpaired) electrons. The minimum absolute atomic E-state index is 0.271. The number of nitrogens with zero attached hydrogens (tertiary/aromatic N) is 3. The molecule has 0 bridgehead atoms. The molecular weight excluding hydrogens is 254 g/mol. The summed E-state index contributed by atoms with van der Waals surface area (Å²) < 4.78 is 3.64. The predicted molar refractivity (Wildman–Crippen MR) is 65.4 cm³/mol. The second-order valence-corrected chi connectivity index (χ2v) is 5.22. The maximum Gasteiger partial charge on any atom is 0.326 e. The van der Waals surface area contributed by atoms with Gasteiger partial charge in [0.2, 0.25) is 0 Å². The zero-order valence-electron chi connectivity index (χ0n) is 10.1. The number of carboxylic acid groups (broad SMARTS) is 1. The van der Waals surface area contributed by atoms with E-state index in [0.29, 0.717) is 23.8 Å². The van der Waals surface area contributed by atoms with Crippen LogP contribution in [-0.2, 0) is 4.79 Å². The first-order valence-electron chi connectivity index (χ1n) is 5.94. The Bertz CT molecular complexity index is 435. The summed E-state index contributed by atoms with van der Waals surface area (Å²) in [7, 11) is 0. The van der Waals surface area contributed by atoms with Crippen molar-refractivity contribution in [2.24, 2.45) is 5.92 Å². The van der Waals surface area contributed by atoms with Crippen LogP contribution in [-0.4, -0.2) is 44.1 Å². The molecule has 7 heteroatoms. The Morgan fingerprint density at radius 1 is 1.61 bits per heavy atom. The summed E-state index contributed by atoms with van der Waals surface area (Å²) in [4.78, 5) is 25.3. The standard InChI is InChI=1S/C11H15N3O3S/c1-2-7-3-4-14(8(5-7)11(16)17)10(15)9-6-12-13-18-9/h6-8H,2-5H2,1H3,(H,16,17). The van der Waals surface area contributed by atoms with E-state index in [9.17, 15) is 14.7 Å². The normalized spacial score (nSPS) is 23.9. The quantitative estimate of drug-likeness (QED) is 0.893. The lowest BCUT2D eigenvalue weighted by Crippen LogP contribution is -2.49. The Labute approximate surface area is 109 Å². The van der Waals surface area contributed by atoms with Gasteiger partial charge >= 0.3 is 5.97 Å². The molecule has 1 aliphatic rings. The van der Waals surface area contributed by atoms with Crippen molar-refractivity contribution in [2.75, 3.05) is 6.54 Å². The van der Waals surface area contributed by atoms with Crippen LogP contribution in [0.15, 0.2) is 6.20 Å². The van der Waals surface area contributed by atoms with Gasteiger partial charge in [0.15, 0.2) is 0 Å². The Balaban J connectivity index is 2.16. The molecular formula is C11H15N3O3S. The summed E-state index contributed by atoms with van der Waals surface area (Å²) >= 11 is 1.000. The number of aromatic nitrogens is 2. The molecule has 2 rings (SSSR count). The van der Waals surface area contributed by atoms with Gasteiger partial charge in [-0.1, -0.05) is 17.8 Å². The molecule has 1 saturated heterocycles. The van der Waals surface area contributed by atoms with Crippen LogP contribution >= 0.6 is 11.5 Å². The van der Waals surface area contributed by atoms with Gasteiger partial charge in [-0.3, -0.25) is 4.79 Å². The molecule has 2 heterocycles. The molecule has 0 spiro atoms. The first-order valence-corrected chi connectivity index (χ1v) is 6.72. The average Bonchev–Trinajstić information content (AvgIpc) is 2.91. The van der Waals surface area contributed by atoms with Gasteiger partial charge in [-0.15, -0.1) is 5.10 Å². The highest BCUT2D eigenvalue weighted by Crippen LogP contribution is 2.27. The van der Waals surface area contributed by atoms with E-state index in [-0.39, 0.29) is 5.91 Å². The molecule has 1 amide bonds. The van der Waals surface area contributed by atoms with Gasteiger partial charge in [0.1, 0.15) is 10.9 Å². The summed E-state index contributed by atoms with van der Waals surface area (Å²) in [6.45, 7) is 2.54. The third kappa shape index (κ3) is 2.50. The second-order valence-electron chi connectivity index (χ2n) is 4.43. The number of carbonyl (C=O) groups is 2. The van der Waals surface area contributed by atoms with Gasteiger partial charge in [0, 0.05) is 6.54 Å². The van der Waals surface area contributed by atoms with Gasteiger partial charge in [-0.25, -0.2) is 4.79 Å². The number of hydrogen-bond acceptors (Lipinski definition) is 5. The number of piperidine rings is 1. The van der Waals surface area contributed by atoms with Crippen LogP contribution in [0, 0.1) is 5.92 Å². The molecule has 1 fully saturated rings. The van der Waals surface area contributed by atoms with Crippen molar-refractivity contribution in [1.29, 1.82) is 0 Å². The van der Waals surface area contributed by atoms with Crippen molar-refractivity contribution in [2.45, 2.75) is 32.2 Å². The van der Waals surface area contributed by atoms with Gasteiger partial charge in [0.05, 0.1) is 6.20 Å². The first-order chi connectivity index (χ1) is 8.63. The molecule has 0 saturated carbocycles. The Kier molecular flexibility index (Phi) is 3.90. The van der Waals surface area contributed by atoms with Gasteiger partial charge in [-0.05, 0) is 30.3 Å². The predicted octanol–water partition coefficient (Wildman–Crippen LogP) is 1.25. The van der Waals surface area contributed by atoms with Crippen LogP contribution < -0.4 is 0 Å². The van der Waals surface area contributed by atoms with Crippen LogP contribution in [0.25, 0.3) is 0 Å². The molecule has 1 aromatic rings. The minimum atomic E-state index is -0.932. The van der Waals surface area contributed by atoms with Crippen LogP contribution in [0.3, 0.4) is 0 Å². The highest BCUT2D eigenvalue weighted by Gasteiger charge is 2.36. The Morgan fingerprint density at radius 2 is 2.39 bits per heavy atom. The van der Waals surface area contributed by atoms with Crippen molar-refractivity contribution in [1.82, 2.24) is 14.5 Å². The lowest BCUT2D eigenvalue weighted by atomic mass is 9.89. The maximum absolute atomic E-state index is 12.2. The van der Waals surface area contributed by atoms with Crippen LogP contribution in [0.4, 0.5) is 0 Å². The molecule has 1 N–H and O–H groups in total. The van der Waals surface area contributed by atoms with Gasteiger partial charge in [0.25, 0.3) is 5.91 Å². The summed E-state index contributed by atoms with van der Waals surface area (Å²) in [5, 5.41) is 12.9. The zero-order chi connectivity index (χ0) is 13.1. The molecule has 0 aromatic carbocycles. The van der Waals surface area contributed by atoms with E-state index in [0.717, 1.165) is 24.4 Å². The SMILES string of the molecule is CCC1CCN(C(=O)c2cnns2)C(C(=O)O)C1. The van der Waals surface area contributed by atoms with E-state index in [1.54, 1.807) is 0 Å². The largest absolute Gasteiger partial charge is 0.480 e. The molecule has 2 atom stereocenters. The van der Waals surface area contributed by atoms with Crippen molar-refractivity contribution in [3.05, 3.63) is 11.1 Å². The number of amides is 1. The topological polar surface area (TPSA) is 83.4 Å². The number of carboxylic acids is 1. The highest BCUT2D eigenvalue weighted by molar-refractivity contribution is 7.07. The van der Waals surface area contributed by atoms with Crippen molar-refractivity contribution in [3.8, 4) is 0 Å². The van der Waals surface area contributed by atoms with Crippen LogP contribution in [0.2, 0.25) is 0 Å². The van der Waals surface area contributed by atoms with E-state index >= 15 is 0 Å². The van der Waals surface area contributed by atoms with E-state index in [1.165, 1.54) is 11.1 Å². The molecule has 1 aromatic heterocycles. The summed E-state index contributed by atoms with van der Waals surface area (Å²) in [5.41, 5.74) is 0. The van der Waals surface area contributed by atoms with E-state index in [2.05, 4.69) is 9.59 Å². The van der Waals surface area contributed by atoms with E-state index < -0.39 is 12.0 Å². The second kappa shape index (κ2) is 5.43. The van der Waals surface area contributed by atoms with Crippen LogP contribution in [0.5, 0.6) is 0 Å². The van der Waals surface area contributed by atoms with E-state index in [4.69, 9.17) is 0 Å². The molecule has 0 aliphatic carbocycles. The van der Waals surface area contributed by atoms with Gasteiger partial charge < -0.3 is 10.0 Å². The fourth-order valence-electron chi connectivity index (χ4n) is 2.29. The fraction of sp³-hybridized carbons (Fsp3) is 0.636. The Hall–Kier alpha value is -1.50. The Morgan fingerprint density at radius 3 is 2.94 bits per heavy atom. The lowest BCUT2D eigenvalue weighted by molar-refractivity contribution is -0.144. The average molecular weight is 269 g/mol. The maximum atomic E-state index is 12.2. The molecule has 2 unspecified atom stereocenters. The minimum Gasteiger partial charge on any atom is -0.480 e. The molecule has 1 aliphatic heterocycles. The third-order valence-corrected chi connectivity index (χ3v) is 4.06. The zero-order valence-corrected chi connectivity index (χ0v) is 10.9. The number of likely N-dealkylation sites (tertiary alicyclic amines) is 1. The van der Waals surface area contributed by atoms with Crippen molar-refractivity contribution < 1.29 is 14.7 Å². The molecule has 6 nitrogen and oxygen atoms in total. The monoisotopic (exact) mass is 269 g/mol. The summed E-state index contributed by atoms with van der Waals surface area (Å²) in [6.07, 6.45) is 3.73. The number of aliphatic carboxylic acids is 1. The number of hydrogen-bond donors (Lipinski definition) is 1. The smallest absolute Gasteiger partial charge is 0.326 e. The fourth-order valence-corrected chi connectivity index (χ4v) is 2.76. The third-order valence-electron chi connectivity index (χ3n) is 3.41. The van der Waals surface area contributed by atoms with Crippen LogP contribution in [0.1, 0.15) is 35.9 Å². The lowest BCUT2D eigenvalue weighted by Gasteiger charge is -2.36. The van der Waals surface area contributed by atoms with Crippen molar-refractivity contribution in [3.63, 3.8) is 0 Å². The molecule has 18 heavy (non-hydrogen) atoms. The number of rotatable bonds is 3. The highest BCUT2D eigenvalue weighted by atomic mass is 32.1. The number of carbonyl (C=O) groups excluding carboxylic acids is 1. The van der Waals surface area contributed by atoms with Crippen molar-refractivity contribution >= 4 is 23.4 Å². The summed E-state index contributed by atoms with van der Waals surface area (Å²) in [6, 6.07) is -0.724. The summed E-state index contributed by atoms with van der Waals surface area (Å²) in [5.74, 6) is -0.819.